The van der Waals surface area contributed by atoms with Crippen molar-refractivity contribution in [2.75, 3.05) is 32.7 Å². The van der Waals surface area contributed by atoms with Crippen molar-refractivity contribution in [2.24, 2.45) is 0 Å². The third kappa shape index (κ3) is 4.55. The largest absolute Gasteiger partial charge is 0.415 e. The zero-order valence-electron chi connectivity index (χ0n) is 11.8. The van der Waals surface area contributed by atoms with E-state index in [0.717, 1.165) is 0 Å². The summed E-state index contributed by atoms with van der Waals surface area (Å²) in [7, 11) is 0. The summed E-state index contributed by atoms with van der Waals surface area (Å²) >= 11 is 5.96. The van der Waals surface area contributed by atoms with Crippen LogP contribution in [-0.4, -0.2) is 59.9 Å². The molecule has 124 valence electrons. The number of nitrogens with zero attached hydrogens (tertiary/aromatic N) is 2. The number of piperazine rings is 1. The Labute approximate surface area is 131 Å². The smallest absolute Gasteiger partial charge is 0.382 e. The normalized spacial score (nSPS) is 19.4. The van der Waals surface area contributed by atoms with Crippen molar-refractivity contribution in [3.05, 3.63) is 34.6 Å². The van der Waals surface area contributed by atoms with Gasteiger partial charge in [0.05, 0.1) is 0 Å². The first-order chi connectivity index (χ1) is 10.3. The van der Waals surface area contributed by atoms with Gasteiger partial charge in [-0.1, -0.05) is 17.7 Å². The highest BCUT2D eigenvalue weighted by Crippen LogP contribution is 2.23. The van der Waals surface area contributed by atoms with E-state index in [0.29, 0.717) is 43.3 Å². The summed E-state index contributed by atoms with van der Waals surface area (Å²) < 4.78 is 50.6. The summed E-state index contributed by atoms with van der Waals surface area (Å²) in [5.74, 6) is -0.387. The van der Waals surface area contributed by atoms with E-state index in [1.54, 1.807) is 11.0 Å². The molecule has 1 aliphatic rings. The molecule has 1 atom stereocenters. The highest BCUT2D eigenvalue weighted by Gasteiger charge is 2.39. The van der Waals surface area contributed by atoms with Crippen LogP contribution in [0, 0.1) is 5.82 Å². The van der Waals surface area contributed by atoms with Crippen LogP contribution in [0.15, 0.2) is 18.2 Å². The van der Waals surface area contributed by atoms with E-state index < -0.39 is 18.8 Å². The molecule has 0 aromatic heterocycles. The average Bonchev–Trinajstić information content (AvgIpc) is 2.44. The molecular weight excluding hydrogens is 324 g/mol. The van der Waals surface area contributed by atoms with Gasteiger partial charge in [0.1, 0.15) is 5.82 Å². The Morgan fingerprint density at radius 3 is 2.27 bits per heavy atom. The number of alkyl halides is 3. The molecular formula is C14H17ClF4N2O. The van der Waals surface area contributed by atoms with Gasteiger partial charge in [0.2, 0.25) is 0 Å². The first-order valence-electron chi connectivity index (χ1n) is 6.89. The van der Waals surface area contributed by atoms with Crippen LogP contribution in [0.1, 0.15) is 5.56 Å². The number of hydrogen-bond acceptors (Lipinski definition) is 3. The monoisotopic (exact) mass is 340 g/mol. The van der Waals surface area contributed by atoms with Crippen molar-refractivity contribution in [3.8, 4) is 0 Å². The van der Waals surface area contributed by atoms with Crippen molar-refractivity contribution in [2.45, 2.75) is 18.8 Å². The van der Waals surface area contributed by atoms with Gasteiger partial charge in [-0.3, -0.25) is 9.80 Å². The molecule has 0 bridgehead atoms. The van der Waals surface area contributed by atoms with Crippen molar-refractivity contribution in [1.29, 1.82) is 0 Å². The minimum atomic E-state index is -4.60. The molecule has 1 N–H and O–H groups in total. The van der Waals surface area contributed by atoms with Gasteiger partial charge in [0.25, 0.3) is 0 Å². The molecule has 3 nitrogen and oxygen atoms in total. The molecule has 1 saturated heterocycles. The number of aliphatic hydroxyl groups is 1. The Kier molecular flexibility index (Phi) is 5.65. The third-order valence-corrected chi connectivity index (χ3v) is 4.07. The van der Waals surface area contributed by atoms with Crippen molar-refractivity contribution in [1.82, 2.24) is 9.80 Å². The number of hydrogen-bond donors (Lipinski definition) is 1. The number of β-amino-alcohol motifs (C(OH)–C–C–N with tert-alkyl or cyclic N) is 1. The van der Waals surface area contributed by atoms with E-state index in [-0.39, 0.29) is 5.82 Å². The van der Waals surface area contributed by atoms with Gasteiger partial charge in [0, 0.05) is 49.9 Å². The van der Waals surface area contributed by atoms with Gasteiger partial charge in [-0.25, -0.2) is 4.39 Å². The maximum absolute atomic E-state index is 13.7. The van der Waals surface area contributed by atoms with Gasteiger partial charge in [-0.05, 0) is 12.1 Å². The lowest BCUT2D eigenvalue weighted by Crippen LogP contribution is -2.50. The Hall–Kier alpha value is -0.890. The minimum absolute atomic E-state index is 0.321. The quantitative estimate of drug-likeness (QED) is 0.853. The van der Waals surface area contributed by atoms with Crippen molar-refractivity contribution >= 4 is 11.6 Å². The third-order valence-electron chi connectivity index (χ3n) is 3.72. The molecule has 1 aromatic rings. The second-order valence-corrected chi connectivity index (χ2v) is 5.74. The molecule has 22 heavy (non-hydrogen) atoms. The number of halogens is 5. The molecule has 0 unspecified atom stereocenters. The molecule has 0 radical (unpaired) electrons. The van der Waals surface area contributed by atoms with E-state index in [1.165, 1.54) is 12.1 Å². The molecule has 8 heteroatoms. The van der Waals surface area contributed by atoms with Crippen LogP contribution in [0.2, 0.25) is 5.02 Å². The molecule has 1 heterocycles. The van der Waals surface area contributed by atoms with E-state index in [2.05, 4.69) is 0 Å². The summed E-state index contributed by atoms with van der Waals surface area (Å²) in [5, 5.41) is 9.41. The summed E-state index contributed by atoms with van der Waals surface area (Å²) in [5.41, 5.74) is 0.396. The number of rotatable bonds is 4. The number of benzene rings is 1. The van der Waals surface area contributed by atoms with Crippen LogP contribution in [-0.2, 0) is 6.54 Å². The lowest BCUT2D eigenvalue weighted by Gasteiger charge is -2.36. The first-order valence-corrected chi connectivity index (χ1v) is 7.27. The van der Waals surface area contributed by atoms with E-state index in [4.69, 9.17) is 16.7 Å². The highest BCUT2D eigenvalue weighted by atomic mass is 35.5. The Morgan fingerprint density at radius 1 is 1.14 bits per heavy atom. The lowest BCUT2D eigenvalue weighted by molar-refractivity contribution is -0.209. The predicted molar refractivity (Wildman–Crippen MR) is 75.2 cm³/mol. The topological polar surface area (TPSA) is 26.7 Å². The molecule has 0 saturated carbocycles. The molecule has 0 spiro atoms. The highest BCUT2D eigenvalue weighted by molar-refractivity contribution is 6.31. The van der Waals surface area contributed by atoms with E-state index >= 15 is 0 Å². The summed E-state index contributed by atoms with van der Waals surface area (Å²) in [6.07, 6.45) is -6.93. The van der Waals surface area contributed by atoms with Crippen molar-refractivity contribution < 1.29 is 22.7 Å². The molecule has 0 amide bonds. The van der Waals surface area contributed by atoms with Crippen molar-refractivity contribution in [3.63, 3.8) is 0 Å². The van der Waals surface area contributed by atoms with E-state index in [9.17, 15) is 17.6 Å². The SMILES string of the molecule is O[C@@H](CN1CCN(Cc2c(F)cccc2Cl)CC1)C(F)(F)F. The van der Waals surface area contributed by atoms with Crippen LogP contribution < -0.4 is 0 Å². The van der Waals surface area contributed by atoms with E-state index in [1.807, 2.05) is 4.90 Å². The Bertz CT molecular complexity index is 484. The fourth-order valence-corrected chi connectivity index (χ4v) is 2.61. The predicted octanol–water partition coefficient (Wildman–Crippen LogP) is 2.52. The Balaban J connectivity index is 1.85. The maximum atomic E-state index is 13.7. The average molecular weight is 341 g/mol. The van der Waals surface area contributed by atoms with Gasteiger partial charge >= 0.3 is 6.18 Å². The molecule has 1 aliphatic heterocycles. The second kappa shape index (κ2) is 7.12. The zero-order chi connectivity index (χ0) is 16.3. The van der Waals surface area contributed by atoms with Crippen LogP contribution >= 0.6 is 11.6 Å². The zero-order valence-corrected chi connectivity index (χ0v) is 12.5. The van der Waals surface area contributed by atoms with Gasteiger partial charge in [0.15, 0.2) is 6.10 Å². The first kappa shape index (κ1) is 17.5. The number of aliphatic hydroxyl groups excluding tert-OH is 1. The molecule has 1 aromatic carbocycles. The molecule has 0 aliphatic carbocycles. The van der Waals surface area contributed by atoms with Crippen LogP contribution in [0.3, 0.4) is 0 Å². The fraction of sp³-hybridized carbons (Fsp3) is 0.571. The van der Waals surface area contributed by atoms with Crippen LogP contribution in [0.25, 0.3) is 0 Å². The fourth-order valence-electron chi connectivity index (χ4n) is 2.39. The molecule has 1 fully saturated rings. The second-order valence-electron chi connectivity index (χ2n) is 5.33. The van der Waals surface area contributed by atoms with Gasteiger partial charge in [-0.15, -0.1) is 0 Å². The minimum Gasteiger partial charge on any atom is -0.382 e. The van der Waals surface area contributed by atoms with Crippen LogP contribution in [0.4, 0.5) is 17.6 Å². The standard InChI is InChI=1S/C14H17ClF4N2O/c15-11-2-1-3-12(16)10(11)8-20-4-6-21(7-5-20)9-13(22)14(17,18)19/h1-3,13,22H,4-9H2/t13-/m0/s1. The maximum Gasteiger partial charge on any atom is 0.415 e. The summed E-state index contributed by atoms with van der Waals surface area (Å²) in [6, 6.07) is 4.46. The summed E-state index contributed by atoms with van der Waals surface area (Å²) in [4.78, 5) is 3.48. The summed E-state index contributed by atoms with van der Waals surface area (Å²) in [6.45, 7) is 1.65. The van der Waals surface area contributed by atoms with Crippen LogP contribution in [0.5, 0.6) is 0 Å². The van der Waals surface area contributed by atoms with Gasteiger partial charge < -0.3 is 5.11 Å². The molecule has 2 rings (SSSR count). The lowest BCUT2D eigenvalue weighted by atomic mass is 10.1. The van der Waals surface area contributed by atoms with Gasteiger partial charge in [-0.2, -0.15) is 13.2 Å². The Morgan fingerprint density at radius 2 is 1.73 bits per heavy atom.